The molecule has 1 unspecified atom stereocenters. The van der Waals surface area contributed by atoms with Crippen molar-refractivity contribution in [2.24, 2.45) is 5.73 Å². The van der Waals surface area contributed by atoms with Gasteiger partial charge in [0.15, 0.2) is 0 Å². The maximum Gasteiger partial charge on any atom is 0.272 e. The van der Waals surface area contributed by atoms with Gasteiger partial charge in [-0.15, -0.1) is 0 Å². The number of hydrogen-bond acceptors (Lipinski definition) is 4. The molecule has 1 saturated heterocycles. The number of anilines is 1. The van der Waals surface area contributed by atoms with Crippen LogP contribution in [0.15, 0.2) is 30.5 Å². The standard InChI is InChI=1S/C18H22F2N4O/c1-11(8-24-9-18(19,20)10-24)14-7-23-17(22)13(14)6-15(21)12-4-2-3-5-16(12)25/h2-7,11,23,25H,8-10,21-22H2,1H3/b15-6-. The van der Waals surface area contributed by atoms with Crippen LogP contribution >= 0.6 is 0 Å². The number of nitrogen functional groups attached to an aromatic ring is 1. The van der Waals surface area contributed by atoms with Crippen molar-refractivity contribution in [3.8, 4) is 5.75 Å². The second-order valence-electron chi connectivity index (χ2n) is 6.61. The molecule has 0 saturated carbocycles. The van der Waals surface area contributed by atoms with Gasteiger partial charge in [0.2, 0.25) is 0 Å². The quantitative estimate of drug-likeness (QED) is 0.669. The number of aromatic amines is 1. The number of para-hydroxylation sites is 1. The van der Waals surface area contributed by atoms with Crippen LogP contribution in [0.1, 0.15) is 29.5 Å². The predicted molar refractivity (Wildman–Crippen MR) is 95.2 cm³/mol. The molecule has 5 nitrogen and oxygen atoms in total. The molecule has 1 aromatic carbocycles. The van der Waals surface area contributed by atoms with Crippen LogP contribution in [0.4, 0.5) is 14.6 Å². The van der Waals surface area contributed by atoms with Crippen molar-refractivity contribution >= 4 is 17.6 Å². The molecule has 3 rings (SSSR count). The minimum Gasteiger partial charge on any atom is -0.507 e. The van der Waals surface area contributed by atoms with Crippen molar-refractivity contribution in [2.45, 2.75) is 18.8 Å². The average molecular weight is 348 g/mol. The topological polar surface area (TPSA) is 91.3 Å². The number of alkyl halides is 2. The monoisotopic (exact) mass is 348 g/mol. The lowest BCUT2D eigenvalue weighted by atomic mass is 9.96. The van der Waals surface area contributed by atoms with Gasteiger partial charge in [0, 0.05) is 29.6 Å². The van der Waals surface area contributed by atoms with Crippen LogP contribution < -0.4 is 11.5 Å². The maximum absolute atomic E-state index is 13.0. The number of phenols is 1. The van der Waals surface area contributed by atoms with E-state index in [1.165, 1.54) is 0 Å². The summed E-state index contributed by atoms with van der Waals surface area (Å²) in [4.78, 5) is 4.68. The van der Waals surface area contributed by atoms with Gasteiger partial charge in [-0.25, -0.2) is 8.78 Å². The van der Waals surface area contributed by atoms with Crippen LogP contribution in [0.2, 0.25) is 0 Å². The number of H-pyrrole nitrogens is 1. The number of aromatic hydroxyl groups is 1. The minimum absolute atomic E-state index is 0.00747. The van der Waals surface area contributed by atoms with Crippen LogP contribution in [0.3, 0.4) is 0 Å². The molecule has 1 atom stereocenters. The Morgan fingerprint density at radius 3 is 2.72 bits per heavy atom. The van der Waals surface area contributed by atoms with Crippen LogP contribution in [-0.4, -0.2) is 40.5 Å². The van der Waals surface area contributed by atoms with Crippen molar-refractivity contribution < 1.29 is 13.9 Å². The number of hydrogen-bond donors (Lipinski definition) is 4. The third-order valence-corrected chi connectivity index (χ3v) is 4.47. The van der Waals surface area contributed by atoms with Gasteiger partial charge in [-0.1, -0.05) is 19.1 Å². The maximum atomic E-state index is 13.0. The molecule has 2 aromatic rings. The normalized spacial score (nSPS) is 18.8. The van der Waals surface area contributed by atoms with Crippen molar-refractivity contribution in [3.05, 3.63) is 47.2 Å². The highest BCUT2D eigenvalue weighted by Gasteiger charge is 2.44. The Morgan fingerprint density at radius 1 is 1.40 bits per heavy atom. The first-order valence-electron chi connectivity index (χ1n) is 8.09. The molecule has 1 aromatic heterocycles. The van der Waals surface area contributed by atoms with Gasteiger partial charge >= 0.3 is 0 Å². The Morgan fingerprint density at radius 2 is 2.08 bits per heavy atom. The van der Waals surface area contributed by atoms with E-state index in [4.69, 9.17) is 11.5 Å². The van der Waals surface area contributed by atoms with Gasteiger partial charge in [0.05, 0.1) is 13.1 Å². The molecule has 25 heavy (non-hydrogen) atoms. The van der Waals surface area contributed by atoms with E-state index < -0.39 is 5.92 Å². The van der Waals surface area contributed by atoms with Crippen molar-refractivity contribution in [1.29, 1.82) is 0 Å². The number of rotatable bonds is 5. The van der Waals surface area contributed by atoms with E-state index in [9.17, 15) is 13.9 Å². The van der Waals surface area contributed by atoms with Crippen molar-refractivity contribution in [2.75, 3.05) is 25.4 Å². The first kappa shape index (κ1) is 17.3. The highest BCUT2D eigenvalue weighted by atomic mass is 19.3. The summed E-state index contributed by atoms with van der Waals surface area (Å²) in [6.07, 6.45) is 3.49. The van der Waals surface area contributed by atoms with Gasteiger partial charge in [-0.2, -0.15) is 0 Å². The molecular formula is C18H22F2N4O. The summed E-state index contributed by atoms with van der Waals surface area (Å²) in [7, 11) is 0. The van der Waals surface area contributed by atoms with E-state index >= 15 is 0 Å². The Bertz CT molecular complexity index is 792. The molecule has 1 aliphatic rings. The first-order valence-corrected chi connectivity index (χ1v) is 8.09. The Hall–Kier alpha value is -2.54. The molecule has 2 heterocycles. The molecule has 1 aliphatic heterocycles. The summed E-state index contributed by atoms with van der Waals surface area (Å²) in [5.74, 6) is -2.03. The molecule has 7 heteroatoms. The van der Waals surface area contributed by atoms with Gasteiger partial charge in [-0.3, -0.25) is 4.90 Å². The molecule has 0 bridgehead atoms. The van der Waals surface area contributed by atoms with E-state index in [0.29, 0.717) is 23.6 Å². The predicted octanol–water partition coefficient (Wildman–Crippen LogP) is 2.81. The number of nitrogens with two attached hydrogens (primary N) is 2. The molecule has 0 amide bonds. The summed E-state index contributed by atoms with van der Waals surface area (Å²) in [6.45, 7) is 2.07. The number of halogens is 2. The van der Waals surface area contributed by atoms with E-state index in [2.05, 4.69) is 4.98 Å². The third-order valence-electron chi connectivity index (χ3n) is 4.47. The zero-order valence-corrected chi connectivity index (χ0v) is 14.0. The first-order chi connectivity index (χ1) is 11.8. The summed E-state index contributed by atoms with van der Waals surface area (Å²) in [5.41, 5.74) is 14.7. The molecule has 134 valence electrons. The zero-order valence-electron chi connectivity index (χ0n) is 14.0. The summed E-state index contributed by atoms with van der Waals surface area (Å²) in [5, 5.41) is 9.93. The van der Waals surface area contributed by atoms with Crippen molar-refractivity contribution in [1.82, 2.24) is 9.88 Å². The molecule has 0 aliphatic carbocycles. The fourth-order valence-corrected chi connectivity index (χ4v) is 3.21. The summed E-state index contributed by atoms with van der Waals surface area (Å²) >= 11 is 0. The highest BCUT2D eigenvalue weighted by molar-refractivity contribution is 5.85. The number of nitrogens with zero attached hydrogens (tertiary/aromatic N) is 1. The molecule has 6 N–H and O–H groups in total. The van der Waals surface area contributed by atoms with E-state index in [-0.39, 0.29) is 24.8 Å². The number of phenolic OH excluding ortho intramolecular Hbond substituents is 1. The van der Waals surface area contributed by atoms with Crippen molar-refractivity contribution in [3.63, 3.8) is 0 Å². The Labute approximate surface area is 144 Å². The van der Waals surface area contributed by atoms with Crippen LogP contribution in [-0.2, 0) is 0 Å². The number of benzene rings is 1. The molecule has 1 fully saturated rings. The van der Waals surface area contributed by atoms with Gasteiger partial charge in [0.25, 0.3) is 5.92 Å². The minimum atomic E-state index is -2.57. The van der Waals surface area contributed by atoms with Crippen LogP contribution in [0.5, 0.6) is 5.75 Å². The van der Waals surface area contributed by atoms with Gasteiger partial charge in [-0.05, 0) is 29.7 Å². The lowest BCUT2D eigenvalue weighted by Gasteiger charge is -2.40. The van der Waals surface area contributed by atoms with Crippen LogP contribution in [0.25, 0.3) is 11.8 Å². The Kier molecular flexibility index (Phi) is 4.43. The fraction of sp³-hybridized carbons (Fsp3) is 0.333. The van der Waals surface area contributed by atoms with Gasteiger partial charge in [0.1, 0.15) is 11.6 Å². The molecule has 0 radical (unpaired) electrons. The van der Waals surface area contributed by atoms with E-state index in [1.807, 2.05) is 6.92 Å². The lowest BCUT2D eigenvalue weighted by Crippen LogP contribution is -2.56. The number of likely N-dealkylation sites (tertiary alicyclic amines) is 1. The lowest BCUT2D eigenvalue weighted by molar-refractivity contribution is -0.131. The number of aromatic nitrogens is 1. The average Bonchev–Trinajstić information content (AvgIpc) is 2.87. The largest absolute Gasteiger partial charge is 0.507 e. The highest BCUT2D eigenvalue weighted by Crippen LogP contribution is 2.33. The SMILES string of the molecule is CC(CN1CC(F)(F)C1)c1c[nH]c(N)c1/C=C(\N)c1ccccc1O. The number of nitrogens with one attached hydrogen (secondary N) is 1. The molecular weight excluding hydrogens is 326 g/mol. The fourth-order valence-electron chi connectivity index (χ4n) is 3.21. The third kappa shape index (κ3) is 3.61. The summed E-state index contributed by atoms with van der Waals surface area (Å²) < 4.78 is 26.0. The van der Waals surface area contributed by atoms with E-state index in [0.717, 1.165) is 11.1 Å². The second kappa shape index (κ2) is 6.40. The zero-order chi connectivity index (χ0) is 18.2. The Balaban J connectivity index is 1.82. The molecule has 0 spiro atoms. The second-order valence-corrected chi connectivity index (χ2v) is 6.61. The van der Waals surface area contributed by atoms with Gasteiger partial charge < -0.3 is 21.6 Å². The smallest absolute Gasteiger partial charge is 0.272 e. The summed E-state index contributed by atoms with van der Waals surface area (Å²) in [6, 6.07) is 6.77. The van der Waals surface area contributed by atoms with E-state index in [1.54, 1.807) is 41.4 Å². The van der Waals surface area contributed by atoms with Crippen LogP contribution in [0, 0.1) is 0 Å².